The molecule has 0 fully saturated rings. The van der Waals surface area contributed by atoms with Crippen LogP contribution in [0.1, 0.15) is 32.4 Å². The van der Waals surface area contributed by atoms with Crippen LogP contribution in [0.15, 0.2) is 12.1 Å². The second-order valence-corrected chi connectivity index (χ2v) is 3.88. The van der Waals surface area contributed by atoms with Crippen LogP contribution in [0.3, 0.4) is 0 Å². The summed E-state index contributed by atoms with van der Waals surface area (Å²) >= 11 is 6.12. The second-order valence-electron chi connectivity index (χ2n) is 3.48. The molecule has 0 aliphatic rings. The largest absolute Gasteiger partial charge is 0.490 e. The highest BCUT2D eigenvalue weighted by Crippen LogP contribution is 2.35. The van der Waals surface area contributed by atoms with Crippen molar-refractivity contribution < 1.29 is 9.47 Å². The Morgan fingerprint density at radius 3 is 2.12 bits per heavy atom. The zero-order valence-electron chi connectivity index (χ0n) is 9.92. The van der Waals surface area contributed by atoms with Gasteiger partial charge in [0.25, 0.3) is 0 Å². The summed E-state index contributed by atoms with van der Waals surface area (Å²) in [5.74, 6) is 1.36. The van der Waals surface area contributed by atoms with Crippen LogP contribution in [0.25, 0.3) is 0 Å². The summed E-state index contributed by atoms with van der Waals surface area (Å²) in [5.41, 5.74) is 6.69. The van der Waals surface area contributed by atoms with Crippen LogP contribution in [0.2, 0.25) is 5.02 Å². The van der Waals surface area contributed by atoms with E-state index in [1.165, 1.54) is 0 Å². The van der Waals surface area contributed by atoms with E-state index in [0.717, 1.165) is 5.56 Å². The molecule has 4 heteroatoms. The molecule has 0 aliphatic carbocycles. The summed E-state index contributed by atoms with van der Waals surface area (Å²) in [6, 6.07) is 3.48. The van der Waals surface area contributed by atoms with Gasteiger partial charge in [-0.05, 0) is 32.4 Å². The summed E-state index contributed by atoms with van der Waals surface area (Å²) < 4.78 is 11.0. The van der Waals surface area contributed by atoms with Crippen molar-refractivity contribution in [2.45, 2.75) is 26.8 Å². The maximum absolute atomic E-state index is 6.12. The number of hydrogen-bond donors (Lipinski definition) is 1. The molecule has 0 bridgehead atoms. The lowest BCUT2D eigenvalue weighted by Crippen LogP contribution is -2.07. The van der Waals surface area contributed by atoms with Crippen LogP contribution in [0, 0.1) is 0 Å². The first-order valence-corrected chi connectivity index (χ1v) is 5.82. The molecule has 0 aliphatic heterocycles. The van der Waals surface area contributed by atoms with Gasteiger partial charge in [-0.1, -0.05) is 11.6 Å². The minimum absolute atomic E-state index is 0.123. The fourth-order valence-electron chi connectivity index (χ4n) is 1.44. The normalized spacial score (nSPS) is 12.3. The topological polar surface area (TPSA) is 44.5 Å². The van der Waals surface area contributed by atoms with Gasteiger partial charge in [0.1, 0.15) is 0 Å². The first-order chi connectivity index (χ1) is 7.60. The number of halogens is 1. The molecule has 1 aromatic carbocycles. The van der Waals surface area contributed by atoms with Crippen LogP contribution in [-0.2, 0) is 0 Å². The molecular formula is C12H18ClNO2. The Hall–Kier alpha value is -0.930. The van der Waals surface area contributed by atoms with Crippen molar-refractivity contribution in [3.05, 3.63) is 22.7 Å². The van der Waals surface area contributed by atoms with E-state index >= 15 is 0 Å². The highest BCUT2D eigenvalue weighted by molar-refractivity contribution is 6.31. The molecule has 0 saturated heterocycles. The lowest BCUT2D eigenvalue weighted by molar-refractivity contribution is 0.287. The second kappa shape index (κ2) is 5.97. The summed E-state index contributed by atoms with van der Waals surface area (Å²) in [6.45, 7) is 6.89. The van der Waals surface area contributed by atoms with Gasteiger partial charge in [0.2, 0.25) is 0 Å². The third-order valence-corrected chi connectivity index (χ3v) is 2.48. The molecule has 0 amide bonds. The highest BCUT2D eigenvalue weighted by atomic mass is 35.5. The van der Waals surface area contributed by atoms with E-state index in [1.54, 1.807) is 6.07 Å². The molecule has 0 unspecified atom stereocenters. The van der Waals surface area contributed by atoms with Crippen LogP contribution in [-0.4, -0.2) is 13.2 Å². The summed E-state index contributed by atoms with van der Waals surface area (Å²) in [7, 11) is 0. The summed E-state index contributed by atoms with van der Waals surface area (Å²) in [4.78, 5) is 0. The van der Waals surface area contributed by atoms with E-state index < -0.39 is 0 Å². The number of rotatable bonds is 5. The van der Waals surface area contributed by atoms with Gasteiger partial charge >= 0.3 is 0 Å². The maximum Gasteiger partial charge on any atom is 0.162 e. The zero-order chi connectivity index (χ0) is 12.1. The van der Waals surface area contributed by atoms with E-state index in [9.17, 15) is 0 Å². The van der Waals surface area contributed by atoms with E-state index in [1.807, 2.05) is 26.8 Å². The molecule has 1 atom stereocenters. The highest BCUT2D eigenvalue weighted by Gasteiger charge is 2.13. The van der Waals surface area contributed by atoms with Crippen molar-refractivity contribution in [1.29, 1.82) is 0 Å². The summed E-state index contributed by atoms with van der Waals surface area (Å²) in [6.07, 6.45) is 0. The van der Waals surface area contributed by atoms with Crippen molar-refractivity contribution in [2.24, 2.45) is 5.73 Å². The number of ether oxygens (including phenoxy) is 2. The van der Waals surface area contributed by atoms with Gasteiger partial charge in [-0.3, -0.25) is 0 Å². The molecule has 2 N–H and O–H groups in total. The predicted molar refractivity (Wildman–Crippen MR) is 66.4 cm³/mol. The fraction of sp³-hybridized carbons (Fsp3) is 0.500. The first-order valence-electron chi connectivity index (χ1n) is 5.44. The molecule has 0 heterocycles. The minimum Gasteiger partial charge on any atom is -0.490 e. The third-order valence-electron chi connectivity index (χ3n) is 2.15. The average molecular weight is 244 g/mol. The Balaban J connectivity index is 3.14. The van der Waals surface area contributed by atoms with Crippen molar-refractivity contribution in [1.82, 2.24) is 0 Å². The molecule has 0 saturated carbocycles. The van der Waals surface area contributed by atoms with E-state index in [4.69, 9.17) is 26.8 Å². The Kier molecular flexibility index (Phi) is 4.90. The molecule has 0 radical (unpaired) electrons. The van der Waals surface area contributed by atoms with Crippen molar-refractivity contribution in [3.63, 3.8) is 0 Å². The van der Waals surface area contributed by atoms with Gasteiger partial charge in [-0.2, -0.15) is 0 Å². The van der Waals surface area contributed by atoms with Gasteiger partial charge in [0.15, 0.2) is 11.5 Å². The van der Waals surface area contributed by atoms with E-state index in [0.29, 0.717) is 29.7 Å². The standard InChI is InChI=1S/C12H18ClNO2/c1-4-15-11-6-9(8(3)14)10(13)7-12(11)16-5-2/h6-8H,4-5,14H2,1-3H3/t8-/m1/s1. The number of hydrogen-bond acceptors (Lipinski definition) is 3. The molecule has 0 aromatic heterocycles. The molecule has 1 rings (SSSR count). The zero-order valence-corrected chi connectivity index (χ0v) is 10.7. The minimum atomic E-state index is -0.123. The van der Waals surface area contributed by atoms with Gasteiger partial charge in [-0.25, -0.2) is 0 Å². The quantitative estimate of drug-likeness (QED) is 0.864. The molecule has 90 valence electrons. The molecule has 1 aromatic rings. The molecular weight excluding hydrogens is 226 g/mol. The van der Waals surface area contributed by atoms with Gasteiger partial charge in [-0.15, -0.1) is 0 Å². The van der Waals surface area contributed by atoms with Crippen LogP contribution >= 0.6 is 11.6 Å². The van der Waals surface area contributed by atoms with E-state index in [-0.39, 0.29) is 6.04 Å². The van der Waals surface area contributed by atoms with Gasteiger partial charge in [0.05, 0.1) is 13.2 Å². The fourth-order valence-corrected chi connectivity index (χ4v) is 1.76. The van der Waals surface area contributed by atoms with Gasteiger partial charge < -0.3 is 15.2 Å². The van der Waals surface area contributed by atoms with Crippen LogP contribution in [0.5, 0.6) is 11.5 Å². The first kappa shape index (κ1) is 13.1. The lowest BCUT2D eigenvalue weighted by Gasteiger charge is -2.15. The van der Waals surface area contributed by atoms with Crippen LogP contribution in [0.4, 0.5) is 0 Å². The number of benzene rings is 1. The average Bonchev–Trinajstić information content (AvgIpc) is 2.22. The van der Waals surface area contributed by atoms with Gasteiger partial charge in [0, 0.05) is 17.1 Å². The summed E-state index contributed by atoms with van der Waals surface area (Å²) in [5, 5.41) is 0.613. The third kappa shape index (κ3) is 3.03. The predicted octanol–water partition coefficient (Wildman–Crippen LogP) is 3.16. The Labute approximate surface area is 101 Å². The Bertz CT molecular complexity index is 353. The van der Waals surface area contributed by atoms with Crippen LogP contribution < -0.4 is 15.2 Å². The monoisotopic (exact) mass is 243 g/mol. The SMILES string of the molecule is CCOc1cc(Cl)c([C@@H](C)N)cc1OCC. The lowest BCUT2D eigenvalue weighted by atomic mass is 10.1. The Morgan fingerprint density at radius 2 is 1.69 bits per heavy atom. The maximum atomic E-state index is 6.12. The van der Waals surface area contributed by atoms with Crippen molar-refractivity contribution in [2.75, 3.05) is 13.2 Å². The van der Waals surface area contributed by atoms with Crippen molar-refractivity contribution >= 4 is 11.6 Å². The molecule has 16 heavy (non-hydrogen) atoms. The van der Waals surface area contributed by atoms with Crippen molar-refractivity contribution in [3.8, 4) is 11.5 Å². The smallest absolute Gasteiger partial charge is 0.162 e. The van der Waals surface area contributed by atoms with E-state index in [2.05, 4.69) is 0 Å². The number of nitrogens with two attached hydrogens (primary N) is 1. The molecule has 3 nitrogen and oxygen atoms in total. The Morgan fingerprint density at radius 1 is 1.19 bits per heavy atom. The molecule has 0 spiro atoms.